The Hall–Kier alpha value is -2.93. The number of ether oxygens (including phenoxy) is 1. The van der Waals surface area contributed by atoms with E-state index in [2.05, 4.69) is 10.3 Å². The highest BCUT2D eigenvalue weighted by Gasteiger charge is 2.31. The van der Waals surface area contributed by atoms with Gasteiger partial charge in [0.15, 0.2) is 6.10 Å². The van der Waals surface area contributed by atoms with Crippen molar-refractivity contribution in [1.82, 2.24) is 4.98 Å². The summed E-state index contributed by atoms with van der Waals surface area (Å²) < 4.78 is 5.17. The number of anilines is 2. The second-order valence-electron chi connectivity index (χ2n) is 5.40. The maximum Gasteiger partial charge on any atom is 0.357 e. The first-order chi connectivity index (χ1) is 12.0. The Kier molecular flexibility index (Phi) is 4.67. The van der Waals surface area contributed by atoms with Crippen LogP contribution in [-0.2, 0) is 14.3 Å². The monoisotopic (exact) mass is 359 g/mol. The van der Waals surface area contributed by atoms with Crippen molar-refractivity contribution in [2.75, 3.05) is 16.8 Å². The van der Waals surface area contributed by atoms with Crippen LogP contribution in [0.4, 0.5) is 11.4 Å². The average molecular weight is 360 g/mol. The number of hydrogen-bond acceptors (Lipinski definition) is 5. The summed E-state index contributed by atoms with van der Waals surface area (Å²) in [6.07, 6.45) is 0.281. The smallest absolute Gasteiger partial charge is 0.357 e. The van der Waals surface area contributed by atoms with E-state index in [0.29, 0.717) is 16.4 Å². The lowest BCUT2D eigenvalue weighted by atomic mass is 10.1. The molecule has 128 valence electrons. The molecular weight excluding hydrogens is 346 g/mol. The van der Waals surface area contributed by atoms with Gasteiger partial charge in [-0.3, -0.25) is 14.5 Å². The number of rotatable bonds is 3. The number of pyridine rings is 1. The van der Waals surface area contributed by atoms with Crippen molar-refractivity contribution >= 4 is 40.8 Å². The molecule has 3 rings (SSSR count). The van der Waals surface area contributed by atoms with Gasteiger partial charge < -0.3 is 10.1 Å². The van der Waals surface area contributed by atoms with Crippen molar-refractivity contribution in [3.63, 3.8) is 0 Å². The van der Waals surface area contributed by atoms with E-state index in [1.807, 2.05) is 0 Å². The highest BCUT2D eigenvalue weighted by atomic mass is 35.5. The Morgan fingerprint density at radius 3 is 2.84 bits per heavy atom. The number of amides is 2. The third kappa shape index (κ3) is 3.61. The average Bonchev–Trinajstić information content (AvgIpc) is 2.60. The van der Waals surface area contributed by atoms with Gasteiger partial charge in [0.1, 0.15) is 12.2 Å². The molecule has 7 nitrogen and oxygen atoms in total. The Morgan fingerprint density at radius 1 is 1.32 bits per heavy atom. The van der Waals surface area contributed by atoms with E-state index in [9.17, 15) is 14.4 Å². The summed E-state index contributed by atoms with van der Waals surface area (Å²) in [5.41, 5.74) is 1.09. The van der Waals surface area contributed by atoms with Crippen LogP contribution in [-0.4, -0.2) is 35.4 Å². The van der Waals surface area contributed by atoms with E-state index in [0.717, 1.165) is 0 Å². The van der Waals surface area contributed by atoms with E-state index >= 15 is 0 Å². The standard InChI is InChI=1S/C17H14ClN3O4/c1-10(25-17(24)13-8-11(18)6-7-19-13)16(23)21-9-15(22)20-12-4-2-3-5-14(12)21/h2-8,10H,9H2,1H3,(H,20,22)/t10-/m1/s1. The van der Waals surface area contributed by atoms with Crippen LogP contribution in [0.5, 0.6) is 0 Å². The molecule has 0 unspecified atom stereocenters. The molecular formula is C17H14ClN3O4. The molecule has 0 bridgehead atoms. The van der Waals surface area contributed by atoms with Crippen LogP contribution in [0.1, 0.15) is 17.4 Å². The molecule has 25 heavy (non-hydrogen) atoms. The number of para-hydroxylation sites is 2. The van der Waals surface area contributed by atoms with Crippen LogP contribution in [0.3, 0.4) is 0 Å². The maximum atomic E-state index is 12.7. The van der Waals surface area contributed by atoms with Gasteiger partial charge in [0.2, 0.25) is 5.91 Å². The van der Waals surface area contributed by atoms with Crippen LogP contribution in [0.2, 0.25) is 5.02 Å². The number of carbonyl (C=O) groups excluding carboxylic acids is 3. The number of aromatic nitrogens is 1. The van der Waals surface area contributed by atoms with Gasteiger partial charge in [-0.25, -0.2) is 9.78 Å². The maximum absolute atomic E-state index is 12.7. The number of fused-ring (bicyclic) bond motifs is 1. The zero-order valence-corrected chi connectivity index (χ0v) is 14.0. The van der Waals surface area contributed by atoms with Gasteiger partial charge in [-0.2, -0.15) is 0 Å². The SMILES string of the molecule is C[C@@H](OC(=O)c1cc(Cl)ccn1)C(=O)N1CC(=O)Nc2ccccc21. The normalized spacial score (nSPS) is 14.3. The molecule has 0 spiro atoms. The third-order valence-corrected chi connectivity index (χ3v) is 3.83. The first-order valence-electron chi connectivity index (χ1n) is 7.48. The largest absolute Gasteiger partial charge is 0.448 e. The second-order valence-corrected chi connectivity index (χ2v) is 5.83. The molecule has 1 aromatic carbocycles. The Balaban J connectivity index is 1.77. The van der Waals surface area contributed by atoms with Gasteiger partial charge >= 0.3 is 5.97 Å². The molecule has 1 aromatic heterocycles. The summed E-state index contributed by atoms with van der Waals surface area (Å²) in [5.74, 6) is -1.59. The summed E-state index contributed by atoms with van der Waals surface area (Å²) >= 11 is 5.81. The van der Waals surface area contributed by atoms with E-state index in [1.165, 1.54) is 30.2 Å². The molecule has 0 aliphatic carbocycles. The van der Waals surface area contributed by atoms with E-state index in [1.54, 1.807) is 24.3 Å². The quantitative estimate of drug-likeness (QED) is 0.849. The van der Waals surface area contributed by atoms with Crippen LogP contribution in [0.25, 0.3) is 0 Å². The van der Waals surface area contributed by atoms with Crippen molar-refractivity contribution in [2.24, 2.45) is 0 Å². The van der Waals surface area contributed by atoms with Crippen LogP contribution in [0, 0.1) is 0 Å². The predicted octanol–water partition coefficient (Wildman–Crippen LogP) is 2.27. The lowest BCUT2D eigenvalue weighted by molar-refractivity contribution is -0.128. The number of hydrogen-bond donors (Lipinski definition) is 1. The molecule has 0 radical (unpaired) electrons. The zero-order chi connectivity index (χ0) is 18.0. The fourth-order valence-electron chi connectivity index (χ4n) is 2.44. The Morgan fingerprint density at radius 2 is 2.08 bits per heavy atom. The predicted molar refractivity (Wildman–Crippen MR) is 91.5 cm³/mol. The molecule has 2 aromatic rings. The fraction of sp³-hybridized carbons (Fsp3) is 0.176. The molecule has 2 amide bonds. The van der Waals surface area contributed by atoms with Crippen molar-refractivity contribution in [3.05, 3.63) is 53.3 Å². The van der Waals surface area contributed by atoms with E-state index < -0.39 is 18.0 Å². The molecule has 1 N–H and O–H groups in total. The van der Waals surface area contributed by atoms with Crippen LogP contribution < -0.4 is 10.2 Å². The lowest BCUT2D eigenvalue weighted by Crippen LogP contribution is -2.47. The molecule has 1 aliphatic heterocycles. The van der Waals surface area contributed by atoms with Crippen molar-refractivity contribution in [1.29, 1.82) is 0 Å². The number of carbonyl (C=O) groups is 3. The van der Waals surface area contributed by atoms with E-state index in [-0.39, 0.29) is 18.1 Å². The van der Waals surface area contributed by atoms with Gasteiger partial charge in [0.05, 0.1) is 11.4 Å². The van der Waals surface area contributed by atoms with Gasteiger partial charge in [-0.15, -0.1) is 0 Å². The lowest BCUT2D eigenvalue weighted by Gasteiger charge is -2.30. The summed E-state index contributed by atoms with van der Waals surface area (Å²) in [7, 11) is 0. The van der Waals surface area contributed by atoms with Gasteiger partial charge in [0.25, 0.3) is 5.91 Å². The summed E-state index contributed by atoms with van der Waals surface area (Å²) in [6, 6.07) is 9.78. The highest BCUT2D eigenvalue weighted by Crippen LogP contribution is 2.29. The highest BCUT2D eigenvalue weighted by molar-refractivity contribution is 6.30. The zero-order valence-electron chi connectivity index (χ0n) is 13.2. The topological polar surface area (TPSA) is 88.6 Å². The summed E-state index contributed by atoms with van der Waals surface area (Å²) in [5, 5.41) is 3.03. The van der Waals surface area contributed by atoms with Crippen molar-refractivity contribution < 1.29 is 19.1 Å². The number of esters is 1. The van der Waals surface area contributed by atoms with Crippen LogP contribution >= 0.6 is 11.6 Å². The minimum absolute atomic E-state index is 0.00365. The van der Waals surface area contributed by atoms with Crippen LogP contribution in [0.15, 0.2) is 42.6 Å². The molecule has 0 fully saturated rings. The molecule has 8 heteroatoms. The number of halogens is 1. The number of nitrogens with zero attached hydrogens (tertiary/aromatic N) is 2. The molecule has 1 atom stereocenters. The fourth-order valence-corrected chi connectivity index (χ4v) is 2.60. The number of benzene rings is 1. The molecule has 1 aliphatic rings. The Labute approximate surface area is 148 Å². The number of nitrogens with one attached hydrogen (secondary N) is 1. The molecule has 0 saturated carbocycles. The van der Waals surface area contributed by atoms with E-state index in [4.69, 9.17) is 16.3 Å². The Bertz CT molecular complexity index is 855. The summed E-state index contributed by atoms with van der Waals surface area (Å²) in [6.45, 7) is 1.30. The van der Waals surface area contributed by atoms with Gasteiger partial charge in [-0.1, -0.05) is 23.7 Å². The minimum atomic E-state index is -1.09. The second kappa shape index (κ2) is 6.90. The van der Waals surface area contributed by atoms with Crippen molar-refractivity contribution in [2.45, 2.75) is 13.0 Å². The van der Waals surface area contributed by atoms with Gasteiger partial charge in [0, 0.05) is 11.2 Å². The van der Waals surface area contributed by atoms with Crippen molar-refractivity contribution in [3.8, 4) is 0 Å². The molecule has 2 heterocycles. The third-order valence-electron chi connectivity index (χ3n) is 3.60. The summed E-state index contributed by atoms with van der Waals surface area (Å²) in [4.78, 5) is 41.7. The minimum Gasteiger partial charge on any atom is -0.448 e. The molecule has 0 saturated heterocycles. The first-order valence-corrected chi connectivity index (χ1v) is 7.86. The van der Waals surface area contributed by atoms with Gasteiger partial charge in [-0.05, 0) is 31.2 Å². The first kappa shape index (κ1) is 16.9.